The molecule has 8 nitrogen and oxygen atoms in total. The van der Waals surface area contributed by atoms with Crippen LogP contribution in [0.1, 0.15) is 22.7 Å². The van der Waals surface area contributed by atoms with E-state index in [0.717, 1.165) is 16.9 Å². The van der Waals surface area contributed by atoms with Crippen LogP contribution in [0.25, 0.3) is 16.0 Å². The van der Waals surface area contributed by atoms with Gasteiger partial charge in [0.25, 0.3) is 5.78 Å². The summed E-state index contributed by atoms with van der Waals surface area (Å²) < 4.78 is 31.3. The van der Waals surface area contributed by atoms with Crippen molar-refractivity contribution in [2.45, 2.75) is 12.6 Å². The predicted molar refractivity (Wildman–Crippen MR) is 161 cm³/mol. The molecule has 2 heterocycles. The molecule has 1 amide bonds. The smallest absolute Gasteiger partial charge is 0.301 e. The van der Waals surface area contributed by atoms with Gasteiger partial charge < -0.3 is 19.3 Å². The highest BCUT2D eigenvalue weighted by atomic mass is 32.1. The summed E-state index contributed by atoms with van der Waals surface area (Å²) in [5.74, 6) is -1.17. The Kier molecular flexibility index (Phi) is 7.52. The maximum atomic E-state index is 14.0. The molecule has 0 spiro atoms. The number of methoxy groups -OCH3 is 2. The zero-order valence-electron chi connectivity index (χ0n) is 23.1. The minimum atomic E-state index is -1.07. The zero-order valence-corrected chi connectivity index (χ0v) is 23.9. The second kappa shape index (κ2) is 11.6. The number of aromatic nitrogens is 1. The number of rotatable bonds is 8. The van der Waals surface area contributed by atoms with Crippen molar-refractivity contribution >= 4 is 44.1 Å². The predicted octanol–water partition coefficient (Wildman–Crippen LogP) is 6.66. The van der Waals surface area contributed by atoms with E-state index in [2.05, 4.69) is 4.98 Å². The number of hydrogen-bond acceptors (Lipinski definition) is 8. The molecule has 5 aromatic rings. The van der Waals surface area contributed by atoms with E-state index < -0.39 is 23.5 Å². The van der Waals surface area contributed by atoms with E-state index in [1.54, 1.807) is 42.5 Å². The lowest BCUT2D eigenvalue weighted by Gasteiger charge is -2.24. The first-order chi connectivity index (χ1) is 20.9. The standard InChI is InChI=1S/C33H25FN2O6S/c1-40-23-12-8-20(9-13-23)30(37)28-29(21-10-15-25(26(16-21)41-2)42-18-19-6-4-3-5-7-19)36(32(39)31(28)38)33-35-24-14-11-22(34)17-27(24)43-33/h3-17,29,37H,18H2,1-2H3. The average Bonchev–Trinajstić information content (AvgIpc) is 3.57. The van der Waals surface area contributed by atoms with Crippen LogP contribution in [0.15, 0.2) is 96.6 Å². The van der Waals surface area contributed by atoms with Gasteiger partial charge in [-0.25, -0.2) is 9.37 Å². The molecule has 1 aromatic heterocycles. The SMILES string of the molecule is COc1ccc(C(O)=C2C(=O)C(=O)N(c3nc4ccc(F)cc4s3)C2c2ccc(OCc3ccccc3)c(OC)c2)cc1. The van der Waals surface area contributed by atoms with Crippen molar-refractivity contribution in [1.29, 1.82) is 0 Å². The Balaban J connectivity index is 1.47. The number of anilines is 1. The molecule has 10 heteroatoms. The van der Waals surface area contributed by atoms with Crippen molar-refractivity contribution in [3.05, 3.63) is 119 Å². The van der Waals surface area contributed by atoms with Gasteiger partial charge in [0.2, 0.25) is 0 Å². The molecule has 1 N–H and O–H groups in total. The van der Waals surface area contributed by atoms with E-state index in [0.29, 0.717) is 45.2 Å². The number of thiazole rings is 1. The molecular weight excluding hydrogens is 571 g/mol. The monoisotopic (exact) mass is 596 g/mol. The van der Waals surface area contributed by atoms with Crippen LogP contribution in [0.3, 0.4) is 0 Å². The molecule has 0 radical (unpaired) electrons. The molecule has 1 saturated heterocycles. The van der Waals surface area contributed by atoms with Crippen LogP contribution in [0.5, 0.6) is 17.2 Å². The second-order valence-electron chi connectivity index (χ2n) is 9.69. The normalized spacial score (nSPS) is 16.1. The molecule has 1 aliphatic heterocycles. The quantitative estimate of drug-likeness (QED) is 0.122. The van der Waals surface area contributed by atoms with Gasteiger partial charge in [-0.1, -0.05) is 47.7 Å². The fourth-order valence-electron chi connectivity index (χ4n) is 4.95. The second-order valence-corrected chi connectivity index (χ2v) is 10.7. The zero-order chi connectivity index (χ0) is 30.1. The van der Waals surface area contributed by atoms with E-state index in [1.807, 2.05) is 30.3 Å². The number of halogens is 1. The van der Waals surface area contributed by atoms with Crippen molar-refractivity contribution in [2.24, 2.45) is 0 Å². The number of ether oxygens (including phenoxy) is 3. The van der Waals surface area contributed by atoms with Crippen LogP contribution < -0.4 is 19.1 Å². The summed E-state index contributed by atoms with van der Waals surface area (Å²) in [5, 5.41) is 11.6. The number of amides is 1. The Hall–Kier alpha value is -5.22. The van der Waals surface area contributed by atoms with Crippen molar-refractivity contribution in [3.8, 4) is 17.2 Å². The molecule has 6 rings (SSSR count). The van der Waals surface area contributed by atoms with Crippen molar-refractivity contribution in [2.75, 3.05) is 19.1 Å². The minimum absolute atomic E-state index is 0.124. The van der Waals surface area contributed by atoms with Gasteiger partial charge in [-0.2, -0.15) is 0 Å². The van der Waals surface area contributed by atoms with Gasteiger partial charge in [0.15, 0.2) is 16.6 Å². The number of ketones is 1. The fourth-order valence-corrected chi connectivity index (χ4v) is 5.96. The van der Waals surface area contributed by atoms with Gasteiger partial charge in [-0.15, -0.1) is 0 Å². The van der Waals surface area contributed by atoms with Crippen molar-refractivity contribution in [1.82, 2.24) is 4.98 Å². The van der Waals surface area contributed by atoms with Crippen molar-refractivity contribution in [3.63, 3.8) is 0 Å². The number of aliphatic hydroxyl groups excluding tert-OH is 1. The number of benzene rings is 4. The lowest BCUT2D eigenvalue weighted by atomic mass is 9.95. The van der Waals surface area contributed by atoms with Crippen LogP contribution >= 0.6 is 11.3 Å². The highest BCUT2D eigenvalue weighted by Gasteiger charge is 2.48. The first-order valence-corrected chi connectivity index (χ1v) is 14.1. The summed E-state index contributed by atoms with van der Waals surface area (Å²) in [5.41, 5.74) is 2.11. The van der Waals surface area contributed by atoms with Crippen LogP contribution in [-0.2, 0) is 16.2 Å². The number of carbonyl (C=O) groups is 2. The third-order valence-corrected chi connectivity index (χ3v) is 8.11. The van der Waals surface area contributed by atoms with Crippen LogP contribution in [0.4, 0.5) is 9.52 Å². The summed E-state index contributed by atoms with van der Waals surface area (Å²) in [6, 6.07) is 24.2. The molecule has 1 fully saturated rings. The van der Waals surface area contributed by atoms with E-state index in [-0.39, 0.29) is 16.5 Å². The molecule has 1 atom stereocenters. The number of hydrogen-bond donors (Lipinski definition) is 1. The maximum Gasteiger partial charge on any atom is 0.301 e. The highest BCUT2D eigenvalue weighted by Crippen LogP contribution is 2.46. The molecule has 4 aromatic carbocycles. The van der Waals surface area contributed by atoms with E-state index in [1.165, 1.54) is 37.3 Å². The molecule has 1 aliphatic rings. The Morgan fingerprint density at radius 1 is 0.930 bits per heavy atom. The van der Waals surface area contributed by atoms with Gasteiger partial charge in [-0.05, 0) is 65.7 Å². The van der Waals surface area contributed by atoms with Crippen LogP contribution in [0.2, 0.25) is 0 Å². The van der Waals surface area contributed by atoms with Crippen LogP contribution in [0, 0.1) is 5.82 Å². The topological polar surface area (TPSA) is 98.2 Å². The molecule has 43 heavy (non-hydrogen) atoms. The number of carbonyl (C=O) groups excluding carboxylic acids is 2. The molecule has 0 bridgehead atoms. The summed E-state index contributed by atoms with van der Waals surface area (Å²) in [6.45, 7) is 0.300. The summed E-state index contributed by atoms with van der Waals surface area (Å²) in [7, 11) is 3.01. The Morgan fingerprint density at radius 3 is 2.42 bits per heavy atom. The lowest BCUT2D eigenvalue weighted by molar-refractivity contribution is -0.132. The molecule has 1 unspecified atom stereocenters. The lowest BCUT2D eigenvalue weighted by Crippen LogP contribution is -2.29. The number of Topliss-reactive ketones (excluding diaryl/α,β-unsaturated/α-hetero) is 1. The van der Waals surface area contributed by atoms with Crippen LogP contribution in [-0.4, -0.2) is 36.0 Å². The molecule has 0 saturated carbocycles. The summed E-state index contributed by atoms with van der Waals surface area (Å²) in [6.07, 6.45) is 0. The van der Waals surface area contributed by atoms with Gasteiger partial charge in [0.1, 0.15) is 23.9 Å². The number of aliphatic hydroxyl groups is 1. The summed E-state index contributed by atoms with van der Waals surface area (Å²) in [4.78, 5) is 33.0. The Morgan fingerprint density at radius 2 is 1.70 bits per heavy atom. The number of fused-ring (bicyclic) bond motifs is 1. The van der Waals surface area contributed by atoms with E-state index in [4.69, 9.17) is 14.2 Å². The van der Waals surface area contributed by atoms with E-state index >= 15 is 0 Å². The summed E-state index contributed by atoms with van der Waals surface area (Å²) >= 11 is 1.07. The van der Waals surface area contributed by atoms with Gasteiger partial charge >= 0.3 is 5.91 Å². The molecular formula is C33H25FN2O6S. The molecule has 0 aliphatic carbocycles. The van der Waals surface area contributed by atoms with Gasteiger partial charge in [0, 0.05) is 5.56 Å². The minimum Gasteiger partial charge on any atom is -0.507 e. The third kappa shape index (κ3) is 5.28. The van der Waals surface area contributed by atoms with Crippen molar-refractivity contribution < 1.29 is 33.3 Å². The Labute approximate surface area is 250 Å². The van der Waals surface area contributed by atoms with Gasteiger partial charge in [-0.3, -0.25) is 14.5 Å². The average molecular weight is 597 g/mol. The first-order valence-electron chi connectivity index (χ1n) is 13.2. The Bertz CT molecular complexity index is 1870. The maximum absolute atomic E-state index is 14.0. The van der Waals surface area contributed by atoms with Gasteiger partial charge in [0.05, 0.1) is 36.1 Å². The molecule has 216 valence electrons. The highest BCUT2D eigenvalue weighted by molar-refractivity contribution is 7.22. The first kappa shape index (κ1) is 27.9. The third-order valence-electron chi connectivity index (χ3n) is 7.09. The van der Waals surface area contributed by atoms with E-state index in [9.17, 15) is 19.1 Å². The fraction of sp³-hybridized carbons (Fsp3) is 0.121. The largest absolute Gasteiger partial charge is 0.507 e. The number of nitrogens with zero attached hydrogens (tertiary/aromatic N) is 2.